The second-order valence-electron chi connectivity index (χ2n) is 6.54. The van der Waals surface area contributed by atoms with Crippen molar-refractivity contribution >= 4 is 13.5 Å². The molecule has 98 valence electrons. The van der Waals surface area contributed by atoms with Gasteiger partial charge in [-0.3, -0.25) is 0 Å². The molecule has 0 aromatic heterocycles. The molecule has 17 heavy (non-hydrogen) atoms. The topological polar surface area (TPSA) is 26.3 Å². The van der Waals surface area contributed by atoms with Crippen molar-refractivity contribution < 1.29 is 9.53 Å². The Kier molecular flexibility index (Phi) is 6.46. The van der Waals surface area contributed by atoms with Crippen LogP contribution >= 0.6 is 0 Å². The first-order chi connectivity index (χ1) is 7.57. The molecule has 0 heterocycles. The summed E-state index contributed by atoms with van der Waals surface area (Å²) in [5, 5.41) is 0. The lowest BCUT2D eigenvalue weighted by Crippen LogP contribution is -2.30. The summed E-state index contributed by atoms with van der Waals surface area (Å²) in [5.41, 5.74) is -0.854. The first kappa shape index (κ1) is 16.7. The Bertz CT molecular complexity index is 245. The smallest absolute Gasteiger partial charge is 0.168 e. The van der Waals surface area contributed by atoms with E-state index in [-0.39, 0.29) is 11.3 Å². The number of hydrogen-bond acceptors (Lipinski definition) is 2. The number of ether oxygens (including phenoxy) is 1. The fourth-order valence-corrected chi connectivity index (χ4v) is 1.41. The molecular weight excluding hydrogens is 211 g/mol. The van der Waals surface area contributed by atoms with Gasteiger partial charge in [-0.1, -0.05) is 27.7 Å². The third kappa shape index (κ3) is 7.59. The van der Waals surface area contributed by atoms with E-state index in [1.807, 2.05) is 13.8 Å². The highest BCUT2D eigenvalue weighted by molar-refractivity contribution is 6.58. The normalized spacial score (nSPS) is 13.1. The predicted molar refractivity (Wildman–Crippen MR) is 73.3 cm³/mol. The zero-order chi connectivity index (χ0) is 13.7. The zero-order valence-electron chi connectivity index (χ0n) is 12.3. The summed E-state index contributed by atoms with van der Waals surface area (Å²) in [5.74, 6) is 0.694. The number of rotatable bonds is 8. The molecule has 0 aromatic rings. The molecule has 0 rings (SSSR count). The quantitative estimate of drug-likeness (QED) is 0.606. The fraction of sp³-hybridized carbons (Fsp3) is 0.929. The van der Waals surface area contributed by atoms with E-state index in [0.717, 1.165) is 12.8 Å². The maximum absolute atomic E-state index is 11.2. The summed E-state index contributed by atoms with van der Waals surface area (Å²) in [6.45, 7) is 12.9. The van der Waals surface area contributed by atoms with Crippen LogP contribution in [0.4, 0.5) is 0 Å². The van der Waals surface area contributed by atoms with Crippen LogP contribution in [0.3, 0.4) is 0 Å². The highest BCUT2D eigenvalue weighted by Crippen LogP contribution is 2.24. The molecule has 0 spiro atoms. The van der Waals surface area contributed by atoms with Gasteiger partial charge in [-0.25, -0.2) is 0 Å². The van der Waals surface area contributed by atoms with Crippen LogP contribution in [0.1, 0.15) is 60.8 Å². The maximum Gasteiger partial charge on any atom is 0.168 e. The van der Waals surface area contributed by atoms with Crippen molar-refractivity contribution in [1.82, 2.24) is 0 Å². The molecule has 0 aromatic carbocycles. The standard InChI is InChI=1S/C14H27BO2/c1-11(2)7-8-14(5,6)17-10-9-13(3,4)12(15)16/h11H,7-10H2,1-6H3. The molecule has 0 N–H and O–H groups in total. The Balaban J connectivity index is 3.98. The van der Waals surface area contributed by atoms with Crippen molar-refractivity contribution in [3.05, 3.63) is 0 Å². The van der Waals surface area contributed by atoms with Crippen LogP contribution in [0, 0.1) is 11.3 Å². The van der Waals surface area contributed by atoms with Crippen molar-refractivity contribution in [2.24, 2.45) is 11.3 Å². The predicted octanol–water partition coefficient (Wildman–Crippen LogP) is 3.33. The molecule has 0 aliphatic heterocycles. The van der Waals surface area contributed by atoms with E-state index in [4.69, 9.17) is 12.6 Å². The fourth-order valence-electron chi connectivity index (χ4n) is 1.41. The molecule has 0 atom stereocenters. The highest BCUT2D eigenvalue weighted by atomic mass is 16.5. The summed E-state index contributed by atoms with van der Waals surface area (Å²) in [6, 6.07) is 0. The molecule has 0 saturated carbocycles. The van der Waals surface area contributed by atoms with Gasteiger partial charge in [0, 0.05) is 12.0 Å². The van der Waals surface area contributed by atoms with Gasteiger partial charge in [-0.05, 0) is 39.0 Å². The van der Waals surface area contributed by atoms with Gasteiger partial charge in [0.2, 0.25) is 0 Å². The second kappa shape index (κ2) is 6.58. The van der Waals surface area contributed by atoms with E-state index in [9.17, 15) is 4.79 Å². The average molecular weight is 238 g/mol. The third-order valence-electron chi connectivity index (χ3n) is 3.21. The van der Waals surface area contributed by atoms with Gasteiger partial charge in [0.25, 0.3) is 0 Å². The zero-order valence-corrected chi connectivity index (χ0v) is 12.3. The Hall–Kier alpha value is -0.305. The van der Waals surface area contributed by atoms with E-state index in [1.54, 1.807) is 0 Å². The van der Waals surface area contributed by atoms with Gasteiger partial charge >= 0.3 is 0 Å². The number of carbonyl (C=O) groups is 1. The number of carbonyl (C=O) groups excluding carboxylic acids is 1. The molecular formula is C14H27BO2. The molecule has 0 aliphatic rings. The minimum atomic E-state index is -0.478. The van der Waals surface area contributed by atoms with E-state index >= 15 is 0 Å². The van der Waals surface area contributed by atoms with Crippen LogP contribution in [0.2, 0.25) is 0 Å². The summed E-state index contributed by atoms with van der Waals surface area (Å²) in [4.78, 5) is 11.2. The summed E-state index contributed by atoms with van der Waals surface area (Å²) in [7, 11) is 5.32. The van der Waals surface area contributed by atoms with Crippen molar-refractivity contribution in [2.45, 2.75) is 66.4 Å². The minimum Gasteiger partial charge on any atom is -0.376 e. The molecule has 0 amide bonds. The minimum absolute atomic E-state index is 0.113. The lowest BCUT2D eigenvalue weighted by Gasteiger charge is -2.29. The van der Waals surface area contributed by atoms with Crippen LogP contribution in [0.15, 0.2) is 0 Å². The van der Waals surface area contributed by atoms with Gasteiger partial charge in [0.05, 0.1) is 11.3 Å². The average Bonchev–Trinajstić information content (AvgIpc) is 2.14. The largest absolute Gasteiger partial charge is 0.376 e. The van der Waals surface area contributed by atoms with Crippen molar-refractivity contribution in [1.29, 1.82) is 0 Å². The van der Waals surface area contributed by atoms with E-state index in [0.29, 0.717) is 18.9 Å². The van der Waals surface area contributed by atoms with Crippen molar-refractivity contribution in [3.63, 3.8) is 0 Å². The van der Waals surface area contributed by atoms with Crippen LogP contribution in [-0.2, 0) is 9.53 Å². The monoisotopic (exact) mass is 238 g/mol. The first-order valence-electron chi connectivity index (χ1n) is 6.51. The Labute approximate surface area is 108 Å². The van der Waals surface area contributed by atoms with Crippen LogP contribution in [0.5, 0.6) is 0 Å². The lowest BCUT2D eigenvalue weighted by atomic mass is 9.75. The Morgan fingerprint density at radius 3 is 2.12 bits per heavy atom. The molecule has 0 saturated heterocycles. The molecule has 0 unspecified atom stereocenters. The van der Waals surface area contributed by atoms with Gasteiger partial charge in [-0.2, -0.15) is 0 Å². The van der Waals surface area contributed by atoms with Gasteiger partial charge in [0.15, 0.2) is 7.85 Å². The van der Waals surface area contributed by atoms with Crippen molar-refractivity contribution in [2.75, 3.05) is 6.61 Å². The maximum atomic E-state index is 11.2. The molecule has 0 aliphatic carbocycles. The second-order valence-corrected chi connectivity index (χ2v) is 6.54. The van der Waals surface area contributed by atoms with E-state index in [1.165, 1.54) is 0 Å². The number of hydrogen-bond donors (Lipinski definition) is 0. The molecule has 0 fully saturated rings. The van der Waals surface area contributed by atoms with Crippen LogP contribution in [-0.4, -0.2) is 25.7 Å². The Morgan fingerprint density at radius 1 is 1.18 bits per heavy atom. The van der Waals surface area contributed by atoms with E-state index in [2.05, 4.69) is 27.7 Å². The summed E-state index contributed by atoms with van der Waals surface area (Å²) in [6.07, 6.45) is 2.88. The van der Waals surface area contributed by atoms with Gasteiger partial charge in [-0.15, -0.1) is 0 Å². The van der Waals surface area contributed by atoms with E-state index < -0.39 is 5.41 Å². The third-order valence-corrected chi connectivity index (χ3v) is 3.21. The van der Waals surface area contributed by atoms with Crippen LogP contribution < -0.4 is 0 Å². The molecule has 3 heteroatoms. The summed E-state index contributed by atoms with van der Waals surface area (Å²) < 4.78 is 5.86. The highest BCUT2D eigenvalue weighted by Gasteiger charge is 2.25. The summed E-state index contributed by atoms with van der Waals surface area (Å²) >= 11 is 0. The first-order valence-corrected chi connectivity index (χ1v) is 6.51. The Morgan fingerprint density at radius 2 is 1.71 bits per heavy atom. The lowest BCUT2D eigenvalue weighted by molar-refractivity contribution is -0.121. The molecule has 2 radical (unpaired) electrons. The SMILES string of the molecule is [B]C(=O)C(C)(C)CCOC(C)(C)CCC(C)C. The molecule has 2 nitrogen and oxygen atoms in total. The molecule has 0 bridgehead atoms. The van der Waals surface area contributed by atoms with Gasteiger partial charge in [0.1, 0.15) is 0 Å². The van der Waals surface area contributed by atoms with Crippen LogP contribution in [0.25, 0.3) is 0 Å². The van der Waals surface area contributed by atoms with Gasteiger partial charge < -0.3 is 9.53 Å². The van der Waals surface area contributed by atoms with Crippen molar-refractivity contribution in [3.8, 4) is 0 Å².